The number of aliphatic hydroxyl groups excluding tert-OH is 1. The second-order valence-electron chi connectivity index (χ2n) is 12.0. The standard InChI is InChI=1S/C35H39F3N2O7/c1-33(2,3)47-29(42)16-17-34(32(43)39-22-23-8-5-10-26(20-23)35(36,37)38)30(25-9-6-11-28(21-25)44-4)46-31(40-34)24-12-14-27(15-13-24)45-19-7-18-41/h5-6,8-15,20-21,30,41H,7,16-19,22H2,1-4H3,(H,39,43)/t30-,34-/m1/s1. The number of alkyl halides is 3. The Labute approximate surface area is 271 Å². The van der Waals surface area contributed by atoms with Gasteiger partial charge in [-0.1, -0.05) is 24.3 Å². The van der Waals surface area contributed by atoms with Crippen molar-refractivity contribution in [2.75, 3.05) is 20.3 Å². The first kappa shape index (κ1) is 35.3. The number of amides is 1. The largest absolute Gasteiger partial charge is 0.497 e. The van der Waals surface area contributed by atoms with Gasteiger partial charge in [-0.05, 0) is 86.8 Å². The second kappa shape index (κ2) is 14.9. The Balaban J connectivity index is 1.74. The Morgan fingerprint density at radius 3 is 2.38 bits per heavy atom. The van der Waals surface area contributed by atoms with Crippen molar-refractivity contribution in [3.63, 3.8) is 0 Å². The molecule has 4 rings (SSSR count). The summed E-state index contributed by atoms with van der Waals surface area (Å²) >= 11 is 0. The number of aliphatic hydroxyl groups is 1. The smallest absolute Gasteiger partial charge is 0.416 e. The fourth-order valence-corrected chi connectivity index (χ4v) is 5.05. The fraction of sp³-hybridized carbons (Fsp3) is 0.400. The van der Waals surface area contributed by atoms with Crippen LogP contribution in [0.1, 0.15) is 68.4 Å². The maximum Gasteiger partial charge on any atom is 0.416 e. The van der Waals surface area contributed by atoms with Gasteiger partial charge in [0.25, 0.3) is 5.91 Å². The number of benzene rings is 3. The van der Waals surface area contributed by atoms with Crippen molar-refractivity contribution in [2.24, 2.45) is 4.99 Å². The number of nitrogens with zero attached hydrogens (tertiary/aromatic N) is 1. The molecule has 12 heteroatoms. The number of methoxy groups -OCH3 is 1. The summed E-state index contributed by atoms with van der Waals surface area (Å²) in [6.45, 7) is 5.28. The Bertz CT molecular complexity index is 1570. The van der Waals surface area contributed by atoms with Crippen molar-refractivity contribution in [3.8, 4) is 11.5 Å². The third kappa shape index (κ3) is 9.25. The molecular formula is C35H39F3N2O7. The van der Waals surface area contributed by atoms with Gasteiger partial charge in [0.1, 0.15) is 17.1 Å². The number of hydrogen-bond donors (Lipinski definition) is 2. The van der Waals surface area contributed by atoms with Gasteiger partial charge >= 0.3 is 12.1 Å². The molecule has 0 fully saturated rings. The van der Waals surface area contributed by atoms with Crippen molar-refractivity contribution < 1.29 is 46.8 Å². The monoisotopic (exact) mass is 656 g/mol. The molecule has 0 aliphatic carbocycles. The predicted octanol–water partition coefficient (Wildman–Crippen LogP) is 6.17. The molecule has 2 atom stereocenters. The second-order valence-corrected chi connectivity index (χ2v) is 12.0. The lowest BCUT2D eigenvalue weighted by molar-refractivity contribution is -0.155. The minimum Gasteiger partial charge on any atom is -0.497 e. The molecule has 1 heterocycles. The van der Waals surface area contributed by atoms with Gasteiger partial charge in [-0.15, -0.1) is 0 Å². The molecule has 1 aliphatic rings. The van der Waals surface area contributed by atoms with Crippen LogP contribution in [-0.4, -0.2) is 54.3 Å². The van der Waals surface area contributed by atoms with Crippen LogP contribution in [0.15, 0.2) is 77.8 Å². The number of esters is 1. The summed E-state index contributed by atoms with van der Waals surface area (Å²) in [5, 5.41) is 11.8. The zero-order chi connectivity index (χ0) is 34.2. The van der Waals surface area contributed by atoms with E-state index >= 15 is 0 Å². The van der Waals surface area contributed by atoms with E-state index in [0.717, 1.165) is 12.1 Å². The molecule has 252 valence electrons. The molecule has 0 unspecified atom stereocenters. The number of aliphatic imine (C=N–C) groups is 1. The molecule has 9 nitrogen and oxygen atoms in total. The van der Waals surface area contributed by atoms with Gasteiger partial charge < -0.3 is 29.4 Å². The van der Waals surface area contributed by atoms with Gasteiger partial charge in [-0.25, -0.2) is 4.99 Å². The molecule has 0 spiro atoms. The highest BCUT2D eigenvalue weighted by Crippen LogP contribution is 2.44. The Morgan fingerprint density at radius 1 is 1.00 bits per heavy atom. The van der Waals surface area contributed by atoms with Crippen LogP contribution in [0.2, 0.25) is 0 Å². The zero-order valence-electron chi connectivity index (χ0n) is 26.7. The van der Waals surface area contributed by atoms with Crippen molar-refractivity contribution in [3.05, 3.63) is 95.1 Å². The van der Waals surface area contributed by atoms with E-state index < -0.39 is 40.9 Å². The van der Waals surface area contributed by atoms with Crippen LogP contribution in [0.5, 0.6) is 11.5 Å². The van der Waals surface area contributed by atoms with Gasteiger partial charge in [-0.3, -0.25) is 9.59 Å². The highest BCUT2D eigenvalue weighted by atomic mass is 19.4. The quantitative estimate of drug-likeness (QED) is 0.167. The molecule has 0 bridgehead atoms. The number of halogens is 3. The van der Waals surface area contributed by atoms with E-state index in [-0.39, 0.29) is 37.5 Å². The first-order chi connectivity index (χ1) is 22.2. The minimum absolute atomic E-state index is 0.00437. The average Bonchev–Trinajstić information content (AvgIpc) is 3.43. The first-order valence-electron chi connectivity index (χ1n) is 15.1. The Morgan fingerprint density at radius 2 is 1.72 bits per heavy atom. The van der Waals surface area contributed by atoms with Crippen molar-refractivity contribution in [1.29, 1.82) is 0 Å². The van der Waals surface area contributed by atoms with E-state index in [1.165, 1.54) is 19.2 Å². The molecule has 3 aromatic carbocycles. The molecule has 1 aliphatic heterocycles. The summed E-state index contributed by atoms with van der Waals surface area (Å²) in [7, 11) is 1.50. The van der Waals surface area contributed by atoms with Gasteiger partial charge in [0.2, 0.25) is 5.90 Å². The topological polar surface area (TPSA) is 116 Å². The SMILES string of the molecule is COc1cccc([C@H]2OC(c3ccc(OCCCO)cc3)=N[C@@]2(CCC(=O)OC(C)(C)C)C(=O)NCc2cccc(C(F)(F)F)c2)c1. The summed E-state index contributed by atoms with van der Waals surface area (Å²) in [4.78, 5) is 32.0. The molecule has 47 heavy (non-hydrogen) atoms. The molecule has 3 aromatic rings. The van der Waals surface area contributed by atoms with Crippen molar-refractivity contribution in [2.45, 2.75) is 70.0 Å². The lowest BCUT2D eigenvalue weighted by Gasteiger charge is -2.31. The summed E-state index contributed by atoms with van der Waals surface area (Å²) in [6, 6.07) is 18.4. The van der Waals surface area contributed by atoms with Crippen LogP contribution in [0, 0.1) is 0 Å². The van der Waals surface area contributed by atoms with Crippen molar-refractivity contribution >= 4 is 17.8 Å². The summed E-state index contributed by atoms with van der Waals surface area (Å²) in [6.07, 6.45) is -5.46. The first-order valence-corrected chi connectivity index (χ1v) is 15.1. The molecule has 0 aromatic heterocycles. The Hall–Kier alpha value is -4.58. The average molecular weight is 657 g/mol. The van der Waals surface area contributed by atoms with Gasteiger partial charge in [0, 0.05) is 31.6 Å². The maximum absolute atomic E-state index is 14.3. The van der Waals surface area contributed by atoms with Crippen LogP contribution < -0.4 is 14.8 Å². The van der Waals surface area contributed by atoms with E-state index in [4.69, 9.17) is 29.0 Å². The molecule has 1 amide bonds. The van der Waals surface area contributed by atoms with Crippen LogP contribution >= 0.6 is 0 Å². The summed E-state index contributed by atoms with van der Waals surface area (Å²) in [5.41, 5.74) is -2.05. The number of rotatable bonds is 13. The van der Waals surface area contributed by atoms with E-state index in [1.54, 1.807) is 69.3 Å². The number of carbonyl (C=O) groups is 2. The van der Waals surface area contributed by atoms with Gasteiger partial charge in [0.15, 0.2) is 11.6 Å². The van der Waals surface area contributed by atoms with E-state index in [0.29, 0.717) is 35.7 Å². The third-order valence-corrected chi connectivity index (χ3v) is 7.26. The van der Waals surface area contributed by atoms with E-state index in [9.17, 15) is 22.8 Å². The zero-order valence-corrected chi connectivity index (χ0v) is 26.7. The van der Waals surface area contributed by atoms with Crippen LogP contribution in [0.3, 0.4) is 0 Å². The van der Waals surface area contributed by atoms with Gasteiger partial charge in [-0.2, -0.15) is 13.2 Å². The number of hydrogen-bond acceptors (Lipinski definition) is 8. The summed E-state index contributed by atoms with van der Waals surface area (Å²) < 4.78 is 63.1. The highest BCUT2D eigenvalue weighted by molar-refractivity contribution is 6.01. The normalized spacial score (nSPS) is 17.8. The maximum atomic E-state index is 14.3. The number of nitrogens with one attached hydrogen (secondary N) is 1. The summed E-state index contributed by atoms with van der Waals surface area (Å²) in [5.74, 6) is -0.0298. The van der Waals surface area contributed by atoms with Crippen molar-refractivity contribution in [1.82, 2.24) is 5.32 Å². The van der Waals surface area contributed by atoms with Crippen LogP contribution in [0.4, 0.5) is 13.2 Å². The Kier molecular flexibility index (Phi) is 11.2. The van der Waals surface area contributed by atoms with E-state index in [2.05, 4.69) is 5.32 Å². The predicted molar refractivity (Wildman–Crippen MR) is 168 cm³/mol. The number of carbonyl (C=O) groups excluding carboxylic acids is 2. The molecule has 0 radical (unpaired) electrons. The lowest BCUT2D eigenvalue weighted by atomic mass is 9.83. The van der Waals surface area contributed by atoms with Crippen LogP contribution in [0.25, 0.3) is 0 Å². The minimum atomic E-state index is -4.55. The lowest BCUT2D eigenvalue weighted by Crippen LogP contribution is -2.48. The highest BCUT2D eigenvalue weighted by Gasteiger charge is 2.53. The molecule has 0 saturated carbocycles. The van der Waals surface area contributed by atoms with Gasteiger partial charge in [0.05, 0.1) is 19.3 Å². The van der Waals surface area contributed by atoms with Crippen LogP contribution in [-0.2, 0) is 31.8 Å². The molecular weight excluding hydrogens is 617 g/mol. The molecule has 2 N–H and O–H groups in total. The fourth-order valence-electron chi connectivity index (χ4n) is 5.05. The number of ether oxygens (including phenoxy) is 4. The molecule has 0 saturated heterocycles. The third-order valence-electron chi connectivity index (χ3n) is 7.26. The van der Waals surface area contributed by atoms with E-state index in [1.807, 2.05) is 0 Å².